The molecule has 3 N–H and O–H groups in total. The molecule has 0 saturated carbocycles. The van der Waals surface area contributed by atoms with Gasteiger partial charge in [-0.15, -0.1) is 0 Å². The third-order valence-electron chi connectivity index (χ3n) is 3.14. The van der Waals surface area contributed by atoms with Crippen molar-refractivity contribution in [3.8, 4) is 0 Å². The molecule has 6 heteroatoms. The van der Waals surface area contributed by atoms with Gasteiger partial charge in [-0.1, -0.05) is 12.1 Å². The van der Waals surface area contributed by atoms with Gasteiger partial charge in [0.15, 0.2) is 0 Å². The van der Waals surface area contributed by atoms with E-state index in [9.17, 15) is 8.42 Å². The Labute approximate surface area is 108 Å². The van der Waals surface area contributed by atoms with Gasteiger partial charge in [0.1, 0.15) is 4.90 Å². The number of nitrogens with zero attached hydrogens (tertiary/aromatic N) is 1. The molecular formula is C12H19N3O2S. The van der Waals surface area contributed by atoms with Crippen LogP contribution in [-0.2, 0) is 10.0 Å². The molecule has 1 aliphatic heterocycles. The number of anilines is 1. The highest BCUT2D eigenvalue weighted by atomic mass is 32.2. The van der Waals surface area contributed by atoms with Crippen molar-refractivity contribution in [2.45, 2.75) is 17.7 Å². The minimum atomic E-state index is -3.66. The zero-order chi connectivity index (χ0) is 13.0. The number of para-hydroxylation sites is 1. The van der Waals surface area contributed by atoms with Crippen LogP contribution in [0, 0.1) is 0 Å². The van der Waals surface area contributed by atoms with E-state index in [4.69, 9.17) is 5.14 Å². The summed E-state index contributed by atoms with van der Waals surface area (Å²) in [6, 6.07) is 6.73. The fourth-order valence-corrected chi connectivity index (χ4v) is 2.93. The molecule has 1 fully saturated rings. The van der Waals surface area contributed by atoms with Crippen LogP contribution in [0.15, 0.2) is 29.2 Å². The van der Waals surface area contributed by atoms with Crippen LogP contribution in [-0.4, -0.2) is 39.5 Å². The molecule has 0 spiro atoms. The fourth-order valence-electron chi connectivity index (χ4n) is 2.22. The van der Waals surface area contributed by atoms with Gasteiger partial charge < -0.3 is 10.2 Å². The number of sulfonamides is 1. The smallest absolute Gasteiger partial charge is 0.240 e. The van der Waals surface area contributed by atoms with Crippen LogP contribution >= 0.6 is 0 Å². The van der Waals surface area contributed by atoms with Crippen LogP contribution < -0.4 is 10.5 Å². The molecule has 0 aromatic heterocycles. The molecule has 100 valence electrons. The highest BCUT2D eigenvalue weighted by molar-refractivity contribution is 7.89. The Kier molecular flexibility index (Phi) is 4.21. The zero-order valence-corrected chi connectivity index (χ0v) is 11.1. The summed E-state index contributed by atoms with van der Waals surface area (Å²) < 4.78 is 22.8. The Morgan fingerprint density at radius 2 is 1.89 bits per heavy atom. The van der Waals surface area contributed by atoms with Crippen molar-refractivity contribution in [1.82, 2.24) is 4.90 Å². The summed E-state index contributed by atoms with van der Waals surface area (Å²) in [5.41, 5.74) is 0.583. The number of hydrogen-bond acceptors (Lipinski definition) is 4. The van der Waals surface area contributed by atoms with E-state index < -0.39 is 10.0 Å². The second kappa shape index (κ2) is 5.69. The van der Waals surface area contributed by atoms with Crippen LogP contribution in [0.1, 0.15) is 12.8 Å². The lowest BCUT2D eigenvalue weighted by molar-refractivity contribution is 0.352. The molecule has 1 saturated heterocycles. The van der Waals surface area contributed by atoms with Crippen LogP contribution in [0.4, 0.5) is 5.69 Å². The first-order valence-corrected chi connectivity index (χ1v) is 7.70. The lowest BCUT2D eigenvalue weighted by Gasteiger charge is -2.16. The molecule has 1 heterocycles. The van der Waals surface area contributed by atoms with E-state index in [1.54, 1.807) is 18.2 Å². The third-order valence-corrected chi connectivity index (χ3v) is 4.10. The first-order valence-electron chi connectivity index (χ1n) is 6.15. The molecule has 5 nitrogen and oxygen atoms in total. The summed E-state index contributed by atoms with van der Waals surface area (Å²) in [7, 11) is -3.66. The second-order valence-electron chi connectivity index (χ2n) is 4.52. The van der Waals surface area contributed by atoms with E-state index in [0.29, 0.717) is 5.69 Å². The zero-order valence-electron chi connectivity index (χ0n) is 10.3. The van der Waals surface area contributed by atoms with E-state index in [2.05, 4.69) is 10.2 Å². The van der Waals surface area contributed by atoms with Crippen LogP contribution in [0.5, 0.6) is 0 Å². The van der Waals surface area contributed by atoms with Crippen LogP contribution in [0.2, 0.25) is 0 Å². The predicted octanol–water partition coefficient (Wildman–Crippen LogP) is 0.842. The summed E-state index contributed by atoms with van der Waals surface area (Å²) >= 11 is 0. The summed E-state index contributed by atoms with van der Waals surface area (Å²) in [6.07, 6.45) is 2.52. The van der Waals surface area contributed by atoms with Gasteiger partial charge in [-0.25, -0.2) is 13.6 Å². The van der Waals surface area contributed by atoms with Gasteiger partial charge in [-0.2, -0.15) is 0 Å². The van der Waals surface area contributed by atoms with E-state index in [1.165, 1.54) is 18.9 Å². The van der Waals surface area contributed by atoms with Crippen molar-refractivity contribution in [3.63, 3.8) is 0 Å². The van der Waals surface area contributed by atoms with Gasteiger partial charge in [-0.3, -0.25) is 0 Å². The fraction of sp³-hybridized carbons (Fsp3) is 0.500. The van der Waals surface area contributed by atoms with Gasteiger partial charge in [-0.05, 0) is 38.1 Å². The molecule has 0 bridgehead atoms. The standard InChI is InChI=1S/C12H19N3O2S/c13-18(16,17)12-6-2-1-5-11(12)14-7-10-15-8-3-4-9-15/h1-2,5-6,14H,3-4,7-10H2,(H2,13,16,17). The Morgan fingerprint density at radius 1 is 1.22 bits per heavy atom. The van der Waals surface area contributed by atoms with E-state index in [1.807, 2.05) is 0 Å². The predicted molar refractivity (Wildman–Crippen MR) is 72.0 cm³/mol. The molecular weight excluding hydrogens is 250 g/mol. The average Bonchev–Trinajstić information content (AvgIpc) is 2.81. The normalized spacial score (nSPS) is 16.9. The quantitative estimate of drug-likeness (QED) is 0.830. The summed E-state index contributed by atoms with van der Waals surface area (Å²) in [5.74, 6) is 0. The Balaban J connectivity index is 1.96. The molecule has 0 aliphatic carbocycles. The molecule has 0 radical (unpaired) electrons. The highest BCUT2D eigenvalue weighted by Crippen LogP contribution is 2.19. The summed E-state index contributed by atoms with van der Waals surface area (Å²) in [4.78, 5) is 2.53. The molecule has 2 rings (SSSR count). The molecule has 1 aromatic carbocycles. The maximum Gasteiger partial charge on any atom is 0.240 e. The lowest BCUT2D eigenvalue weighted by atomic mass is 10.3. The largest absolute Gasteiger partial charge is 0.383 e. The number of nitrogens with two attached hydrogens (primary N) is 1. The SMILES string of the molecule is NS(=O)(=O)c1ccccc1NCCN1CCCC1. The highest BCUT2D eigenvalue weighted by Gasteiger charge is 2.14. The van der Waals surface area contributed by atoms with Gasteiger partial charge in [0.2, 0.25) is 10.0 Å². The van der Waals surface area contributed by atoms with Crippen molar-refractivity contribution in [1.29, 1.82) is 0 Å². The van der Waals surface area contributed by atoms with E-state index in [0.717, 1.165) is 26.2 Å². The number of benzene rings is 1. The summed E-state index contributed by atoms with van der Waals surface area (Å²) in [5, 5.41) is 8.32. The molecule has 18 heavy (non-hydrogen) atoms. The maximum absolute atomic E-state index is 11.4. The summed E-state index contributed by atoms with van der Waals surface area (Å²) in [6.45, 7) is 3.93. The number of rotatable bonds is 5. The second-order valence-corrected chi connectivity index (χ2v) is 6.05. The van der Waals surface area contributed by atoms with Crippen molar-refractivity contribution in [2.75, 3.05) is 31.5 Å². The number of likely N-dealkylation sites (tertiary alicyclic amines) is 1. The van der Waals surface area contributed by atoms with Crippen molar-refractivity contribution in [2.24, 2.45) is 5.14 Å². The minimum Gasteiger partial charge on any atom is -0.383 e. The van der Waals surface area contributed by atoms with Gasteiger partial charge >= 0.3 is 0 Å². The van der Waals surface area contributed by atoms with E-state index in [-0.39, 0.29) is 4.90 Å². The van der Waals surface area contributed by atoms with Gasteiger partial charge in [0.25, 0.3) is 0 Å². The van der Waals surface area contributed by atoms with Gasteiger partial charge in [0, 0.05) is 13.1 Å². The first kappa shape index (κ1) is 13.3. The molecule has 1 aliphatic rings. The van der Waals surface area contributed by atoms with Gasteiger partial charge in [0.05, 0.1) is 5.69 Å². The molecule has 0 atom stereocenters. The Hall–Kier alpha value is -1.11. The third kappa shape index (κ3) is 3.44. The monoisotopic (exact) mass is 269 g/mol. The number of hydrogen-bond donors (Lipinski definition) is 2. The Bertz CT molecular complexity index is 496. The van der Waals surface area contributed by atoms with Crippen molar-refractivity contribution >= 4 is 15.7 Å². The lowest BCUT2D eigenvalue weighted by Crippen LogP contribution is -2.26. The minimum absolute atomic E-state index is 0.159. The van der Waals surface area contributed by atoms with E-state index >= 15 is 0 Å². The Morgan fingerprint density at radius 3 is 2.56 bits per heavy atom. The topological polar surface area (TPSA) is 75.4 Å². The first-order chi connectivity index (χ1) is 8.57. The molecule has 0 unspecified atom stereocenters. The molecule has 1 aromatic rings. The number of nitrogens with one attached hydrogen (secondary N) is 1. The van der Waals surface area contributed by atoms with Crippen LogP contribution in [0.25, 0.3) is 0 Å². The van der Waals surface area contributed by atoms with Crippen LogP contribution in [0.3, 0.4) is 0 Å². The molecule has 0 amide bonds. The number of primary sulfonamides is 1. The van der Waals surface area contributed by atoms with Crippen molar-refractivity contribution in [3.05, 3.63) is 24.3 Å². The maximum atomic E-state index is 11.4. The average molecular weight is 269 g/mol. The van der Waals surface area contributed by atoms with Crippen molar-refractivity contribution < 1.29 is 8.42 Å².